The predicted octanol–water partition coefficient (Wildman–Crippen LogP) is 3.06. The molecule has 1 fully saturated rings. The number of rotatable bonds is 4. The average Bonchev–Trinajstić information content (AvgIpc) is 2.36. The van der Waals surface area contributed by atoms with E-state index < -0.39 is 0 Å². The molecule has 0 unspecified atom stereocenters. The highest BCUT2D eigenvalue weighted by molar-refractivity contribution is 5.90. The van der Waals surface area contributed by atoms with E-state index in [1.54, 1.807) is 0 Å². The number of carbonyl (C=O) groups excluding carboxylic acids is 1. The lowest BCUT2D eigenvalue weighted by molar-refractivity contribution is -0.116. The summed E-state index contributed by atoms with van der Waals surface area (Å²) in [5, 5.41) is 2.97. The fourth-order valence-electron chi connectivity index (χ4n) is 2.70. The van der Waals surface area contributed by atoms with Crippen molar-refractivity contribution in [3.63, 3.8) is 0 Å². The van der Waals surface area contributed by atoms with E-state index in [0.29, 0.717) is 6.42 Å². The van der Waals surface area contributed by atoms with Gasteiger partial charge in [0.2, 0.25) is 5.91 Å². The number of nitrogens with zero attached hydrogens (tertiary/aromatic N) is 1. The van der Waals surface area contributed by atoms with Crippen molar-refractivity contribution in [1.29, 1.82) is 0 Å². The van der Waals surface area contributed by atoms with E-state index >= 15 is 0 Å². The molecule has 1 saturated heterocycles. The monoisotopic (exact) mass is 260 g/mol. The molecule has 2 rings (SSSR count). The normalized spacial score (nSPS) is 20.2. The minimum Gasteiger partial charge on any atom is -0.326 e. The van der Waals surface area contributed by atoms with Crippen LogP contribution >= 0.6 is 0 Å². The molecule has 0 bridgehead atoms. The minimum absolute atomic E-state index is 0.115. The number of aryl methyl sites for hydroxylation is 1. The summed E-state index contributed by atoms with van der Waals surface area (Å²) < 4.78 is 0. The standard InChI is InChI=1S/C16H24N2O/c1-13-5-3-7-15(11-13)17-16(19)8-10-18-9-4-6-14(2)12-18/h3,5,7,11,14H,4,6,8-10,12H2,1-2H3,(H,17,19)/t14-/m0/s1. The third kappa shape index (κ3) is 4.67. The summed E-state index contributed by atoms with van der Waals surface area (Å²) in [6.45, 7) is 7.48. The Morgan fingerprint density at radius 2 is 2.32 bits per heavy atom. The lowest BCUT2D eigenvalue weighted by Gasteiger charge is -2.30. The van der Waals surface area contributed by atoms with Gasteiger partial charge in [0.1, 0.15) is 0 Å². The van der Waals surface area contributed by atoms with Gasteiger partial charge in [-0.1, -0.05) is 19.1 Å². The molecule has 0 aromatic heterocycles. The second-order valence-electron chi connectivity index (χ2n) is 5.72. The lowest BCUT2D eigenvalue weighted by atomic mass is 10.0. The summed E-state index contributed by atoms with van der Waals surface area (Å²) in [5.41, 5.74) is 2.07. The summed E-state index contributed by atoms with van der Waals surface area (Å²) in [6.07, 6.45) is 3.17. The van der Waals surface area contributed by atoms with Crippen molar-refractivity contribution in [2.75, 3.05) is 25.0 Å². The second kappa shape index (κ2) is 6.71. The molecule has 1 amide bonds. The Balaban J connectivity index is 1.75. The van der Waals surface area contributed by atoms with Crippen LogP contribution in [0.3, 0.4) is 0 Å². The maximum absolute atomic E-state index is 11.9. The fraction of sp³-hybridized carbons (Fsp3) is 0.562. The molecule has 3 nitrogen and oxygen atoms in total. The average molecular weight is 260 g/mol. The quantitative estimate of drug-likeness (QED) is 0.902. The molecule has 0 radical (unpaired) electrons. The van der Waals surface area contributed by atoms with Crippen molar-refractivity contribution < 1.29 is 4.79 Å². The largest absolute Gasteiger partial charge is 0.326 e. The molecule has 0 saturated carbocycles. The molecule has 1 aliphatic rings. The van der Waals surface area contributed by atoms with Crippen LogP contribution in [0.4, 0.5) is 5.69 Å². The van der Waals surface area contributed by atoms with Gasteiger partial charge in [0.25, 0.3) is 0 Å². The first-order chi connectivity index (χ1) is 9.13. The SMILES string of the molecule is Cc1cccc(NC(=O)CCN2CCC[C@H](C)C2)c1. The number of anilines is 1. The zero-order valence-corrected chi connectivity index (χ0v) is 12.0. The van der Waals surface area contributed by atoms with E-state index in [2.05, 4.69) is 17.1 Å². The molecular formula is C16H24N2O. The highest BCUT2D eigenvalue weighted by Gasteiger charge is 2.16. The highest BCUT2D eigenvalue weighted by Crippen LogP contribution is 2.15. The lowest BCUT2D eigenvalue weighted by Crippen LogP contribution is -2.36. The first kappa shape index (κ1) is 14.1. The number of nitrogens with one attached hydrogen (secondary N) is 1. The van der Waals surface area contributed by atoms with E-state index in [-0.39, 0.29) is 5.91 Å². The van der Waals surface area contributed by atoms with Crippen LogP contribution < -0.4 is 5.32 Å². The predicted molar refractivity (Wildman–Crippen MR) is 79.3 cm³/mol. The number of piperidine rings is 1. The first-order valence-corrected chi connectivity index (χ1v) is 7.22. The van der Waals surface area contributed by atoms with Crippen LogP contribution in [0.2, 0.25) is 0 Å². The Labute approximate surface area is 116 Å². The number of amides is 1. The van der Waals surface area contributed by atoms with Gasteiger partial charge < -0.3 is 10.2 Å². The van der Waals surface area contributed by atoms with Crippen LogP contribution in [-0.2, 0) is 4.79 Å². The summed E-state index contributed by atoms with van der Waals surface area (Å²) in [6, 6.07) is 7.94. The van der Waals surface area contributed by atoms with Crippen molar-refractivity contribution >= 4 is 11.6 Å². The van der Waals surface area contributed by atoms with Crippen molar-refractivity contribution in [2.24, 2.45) is 5.92 Å². The van der Waals surface area contributed by atoms with Gasteiger partial charge in [0.15, 0.2) is 0 Å². The van der Waals surface area contributed by atoms with E-state index in [0.717, 1.165) is 31.2 Å². The van der Waals surface area contributed by atoms with Crippen molar-refractivity contribution in [3.05, 3.63) is 29.8 Å². The molecule has 1 atom stereocenters. The van der Waals surface area contributed by atoms with Crippen LogP contribution in [0.5, 0.6) is 0 Å². The highest BCUT2D eigenvalue weighted by atomic mass is 16.1. The molecule has 0 spiro atoms. The Hall–Kier alpha value is -1.35. The van der Waals surface area contributed by atoms with Crippen molar-refractivity contribution in [1.82, 2.24) is 4.90 Å². The first-order valence-electron chi connectivity index (χ1n) is 7.22. The molecule has 1 aromatic rings. The number of hydrogen-bond donors (Lipinski definition) is 1. The summed E-state index contributed by atoms with van der Waals surface area (Å²) in [4.78, 5) is 14.3. The van der Waals surface area contributed by atoms with Gasteiger partial charge in [-0.2, -0.15) is 0 Å². The van der Waals surface area contributed by atoms with Crippen LogP contribution in [-0.4, -0.2) is 30.4 Å². The Morgan fingerprint density at radius 3 is 3.05 bits per heavy atom. The van der Waals surface area contributed by atoms with E-state index in [4.69, 9.17) is 0 Å². The molecule has 1 aliphatic heterocycles. The van der Waals surface area contributed by atoms with Gasteiger partial charge in [-0.15, -0.1) is 0 Å². The minimum atomic E-state index is 0.115. The molecule has 1 N–H and O–H groups in total. The Morgan fingerprint density at radius 1 is 1.47 bits per heavy atom. The Kier molecular flexibility index (Phi) is 4.97. The number of carbonyl (C=O) groups is 1. The third-order valence-corrected chi connectivity index (χ3v) is 3.70. The zero-order chi connectivity index (χ0) is 13.7. The Bertz CT molecular complexity index is 431. The molecule has 1 aromatic carbocycles. The van der Waals surface area contributed by atoms with Gasteiger partial charge in [0.05, 0.1) is 0 Å². The van der Waals surface area contributed by atoms with Gasteiger partial charge in [-0.3, -0.25) is 4.79 Å². The number of likely N-dealkylation sites (tertiary alicyclic amines) is 1. The molecule has 104 valence electrons. The van der Waals surface area contributed by atoms with Crippen molar-refractivity contribution in [2.45, 2.75) is 33.1 Å². The van der Waals surface area contributed by atoms with E-state index in [1.807, 2.05) is 31.2 Å². The van der Waals surface area contributed by atoms with Gasteiger partial charge in [0, 0.05) is 25.2 Å². The van der Waals surface area contributed by atoms with Gasteiger partial charge in [-0.25, -0.2) is 0 Å². The molecule has 1 heterocycles. The van der Waals surface area contributed by atoms with Crippen molar-refractivity contribution in [3.8, 4) is 0 Å². The topological polar surface area (TPSA) is 32.3 Å². The van der Waals surface area contributed by atoms with Crippen LogP contribution in [0.15, 0.2) is 24.3 Å². The second-order valence-corrected chi connectivity index (χ2v) is 5.72. The molecule has 19 heavy (non-hydrogen) atoms. The molecule has 0 aliphatic carbocycles. The van der Waals surface area contributed by atoms with Crippen LogP contribution in [0.25, 0.3) is 0 Å². The smallest absolute Gasteiger partial charge is 0.225 e. The maximum atomic E-state index is 11.9. The molecular weight excluding hydrogens is 236 g/mol. The van der Waals surface area contributed by atoms with E-state index in [1.165, 1.54) is 18.4 Å². The summed E-state index contributed by atoms with van der Waals surface area (Å²) in [7, 11) is 0. The third-order valence-electron chi connectivity index (χ3n) is 3.70. The fourth-order valence-corrected chi connectivity index (χ4v) is 2.70. The summed E-state index contributed by atoms with van der Waals surface area (Å²) in [5.74, 6) is 0.886. The molecule has 3 heteroatoms. The zero-order valence-electron chi connectivity index (χ0n) is 12.0. The number of hydrogen-bond acceptors (Lipinski definition) is 2. The summed E-state index contributed by atoms with van der Waals surface area (Å²) >= 11 is 0. The maximum Gasteiger partial charge on any atom is 0.225 e. The van der Waals surface area contributed by atoms with Gasteiger partial charge in [-0.05, 0) is 49.9 Å². The van der Waals surface area contributed by atoms with E-state index in [9.17, 15) is 4.79 Å². The number of benzene rings is 1. The van der Waals surface area contributed by atoms with Gasteiger partial charge >= 0.3 is 0 Å². The van der Waals surface area contributed by atoms with Crippen LogP contribution in [0.1, 0.15) is 31.7 Å². The van der Waals surface area contributed by atoms with Crippen LogP contribution in [0, 0.1) is 12.8 Å².